The first-order valence-electron chi connectivity index (χ1n) is 7.03. The number of hydrogen-bond donors (Lipinski definition) is 0. The lowest BCUT2D eigenvalue weighted by molar-refractivity contribution is 0.316. The monoisotopic (exact) mass is 353 g/mol. The fraction of sp³-hybridized carbons (Fsp3) is 0.250. The van der Waals surface area contributed by atoms with E-state index in [2.05, 4.69) is 0 Å². The minimum atomic E-state index is -3.70. The van der Waals surface area contributed by atoms with E-state index >= 15 is 0 Å². The molecule has 122 valence electrons. The van der Waals surface area contributed by atoms with Crippen LogP contribution in [0.1, 0.15) is 5.56 Å². The third-order valence-electron chi connectivity index (χ3n) is 3.70. The van der Waals surface area contributed by atoms with Crippen molar-refractivity contribution < 1.29 is 17.9 Å². The van der Waals surface area contributed by atoms with Crippen molar-refractivity contribution in [3.05, 3.63) is 47.0 Å². The highest BCUT2D eigenvalue weighted by molar-refractivity contribution is 7.92. The maximum absolute atomic E-state index is 13.0. The summed E-state index contributed by atoms with van der Waals surface area (Å²) in [6, 6.07) is 9.76. The minimum absolute atomic E-state index is 0.212. The molecule has 23 heavy (non-hydrogen) atoms. The molecule has 0 atom stereocenters. The topological polar surface area (TPSA) is 55.8 Å². The predicted molar refractivity (Wildman–Crippen MR) is 89.2 cm³/mol. The highest BCUT2D eigenvalue weighted by Crippen LogP contribution is 2.37. The fourth-order valence-corrected chi connectivity index (χ4v) is 4.26. The maximum Gasteiger partial charge on any atom is 0.264 e. The van der Waals surface area contributed by atoms with Crippen molar-refractivity contribution in [2.45, 2.75) is 11.8 Å². The average Bonchev–Trinajstić information content (AvgIpc) is 2.54. The van der Waals surface area contributed by atoms with Crippen LogP contribution in [0.2, 0.25) is 5.02 Å². The lowest BCUT2D eigenvalue weighted by Gasteiger charge is -2.30. The molecular weight excluding hydrogens is 338 g/mol. The van der Waals surface area contributed by atoms with Crippen molar-refractivity contribution in [2.24, 2.45) is 0 Å². The second kappa shape index (κ2) is 5.94. The largest absolute Gasteiger partial charge is 0.496 e. The van der Waals surface area contributed by atoms with E-state index in [9.17, 15) is 8.42 Å². The van der Waals surface area contributed by atoms with E-state index in [1.165, 1.54) is 4.31 Å². The average molecular weight is 354 g/mol. The Morgan fingerprint density at radius 3 is 2.70 bits per heavy atom. The third-order valence-corrected chi connectivity index (χ3v) is 5.74. The molecule has 1 aliphatic heterocycles. The van der Waals surface area contributed by atoms with Crippen molar-refractivity contribution in [3.8, 4) is 11.5 Å². The number of fused-ring (bicyclic) bond motifs is 1. The van der Waals surface area contributed by atoms with Gasteiger partial charge in [0.15, 0.2) is 0 Å². The van der Waals surface area contributed by atoms with E-state index in [-0.39, 0.29) is 11.4 Å². The normalized spacial score (nSPS) is 14.1. The number of benzene rings is 2. The van der Waals surface area contributed by atoms with Gasteiger partial charge >= 0.3 is 0 Å². The van der Waals surface area contributed by atoms with Gasteiger partial charge < -0.3 is 9.47 Å². The van der Waals surface area contributed by atoms with Crippen molar-refractivity contribution in [2.75, 3.05) is 24.6 Å². The quantitative estimate of drug-likeness (QED) is 0.850. The number of rotatable bonds is 3. The summed E-state index contributed by atoms with van der Waals surface area (Å²) in [5.74, 6) is 1.16. The molecular formula is C16H16ClNO4S. The molecule has 1 aliphatic rings. The first-order valence-corrected chi connectivity index (χ1v) is 8.85. The number of hydrogen-bond acceptors (Lipinski definition) is 4. The number of halogens is 1. The van der Waals surface area contributed by atoms with Crippen LogP contribution in [-0.4, -0.2) is 28.7 Å². The standard InChI is InChI=1S/C16H16ClNO4S/c1-11-9-13(4-6-15(11)21-2)23(19,20)18-7-8-22-16-5-3-12(17)10-14(16)18/h3-6,9-10H,7-8H2,1-2H3. The van der Waals surface area contributed by atoms with E-state index in [1.54, 1.807) is 43.5 Å². The molecule has 0 saturated carbocycles. The van der Waals surface area contributed by atoms with Gasteiger partial charge in [-0.3, -0.25) is 4.31 Å². The minimum Gasteiger partial charge on any atom is -0.496 e. The Bertz CT molecular complexity index is 851. The Hall–Kier alpha value is -1.92. The van der Waals surface area contributed by atoms with Crippen molar-refractivity contribution in [1.82, 2.24) is 0 Å². The molecule has 0 spiro atoms. The van der Waals surface area contributed by atoms with Crippen LogP contribution < -0.4 is 13.8 Å². The summed E-state index contributed by atoms with van der Waals surface area (Å²) in [4.78, 5) is 0.212. The van der Waals surface area contributed by atoms with Crippen LogP contribution in [0.25, 0.3) is 0 Å². The van der Waals surface area contributed by atoms with Gasteiger partial charge in [0.25, 0.3) is 10.0 Å². The van der Waals surface area contributed by atoms with Crippen LogP contribution in [0.4, 0.5) is 5.69 Å². The second-order valence-electron chi connectivity index (χ2n) is 5.17. The lowest BCUT2D eigenvalue weighted by atomic mass is 10.2. The van der Waals surface area contributed by atoms with Gasteiger partial charge in [-0.15, -0.1) is 0 Å². The molecule has 1 heterocycles. The lowest BCUT2D eigenvalue weighted by Crippen LogP contribution is -2.37. The molecule has 0 amide bonds. The van der Waals surface area contributed by atoms with Gasteiger partial charge in [0.1, 0.15) is 18.1 Å². The zero-order valence-corrected chi connectivity index (χ0v) is 14.3. The van der Waals surface area contributed by atoms with Crippen LogP contribution in [0.5, 0.6) is 11.5 Å². The summed E-state index contributed by atoms with van der Waals surface area (Å²) < 4.78 is 38.0. The number of sulfonamides is 1. The summed E-state index contributed by atoms with van der Waals surface area (Å²) in [5.41, 5.74) is 1.21. The summed E-state index contributed by atoms with van der Waals surface area (Å²) >= 11 is 6.01. The van der Waals surface area contributed by atoms with Crippen LogP contribution in [0.3, 0.4) is 0 Å². The summed E-state index contributed by atoms with van der Waals surface area (Å²) in [6.45, 7) is 2.34. The molecule has 0 unspecified atom stereocenters. The SMILES string of the molecule is COc1ccc(S(=O)(=O)N2CCOc3ccc(Cl)cc32)cc1C. The van der Waals surface area contributed by atoms with E-state index in [0.29, 0.717) is 28.8 Å². The Balaban J connectivity index is 2.08. The van der Waals surface area contributed by atoms with Crippen molar-refractivity contribution >= 4 is 27.3 Å². The molecule has 0 saturated heterocycles. The number of aryl methyl sites for hydroxylation is 1. The number of nitrogens with zero attached hydrogens (tertiary/aromatic N) is 1. The highest BCUT2D eigenvalue weighted by atomic mass is 35.5. The van der Waals surface area contributed by atoms with Crippen LogP contribution in [0.15, 0.2) is 41.3 Å². The molecule has 0 N–H and O–H groups in total. The molecule has 0 bridgehead atoms. The zero-order valence-electron chi connectivity index (χ0n) is 12.7. The van der Waals surface area contributed by atoms with Crippen LogP contribution in [0, 0.1) is 6.92 Å². The van der Waals surface area contributed by atoms with E-state index in [4.69, 9.17) is 21.1 Å². The molecule has 0 aromatic heterocycles. The molecule has 0 radical (unpaired) electrons. The van der Waals surface area contributed by atoms with Crippen LogP contribution >= 0.6 is 11.6 Å². The third kappa shape index (κ3) is 2.84. The summed E-state index contributed by atoms with van der Waals surface area (Å²) in [6.07, 6.45) is 0. The van der Waals surface area contributed by atoms with E-state index in [0.717, 1.165) is 5.56 Å². The number of methoxy groups -OCH3 is 1. The van der Waals surface area contributed by atoms with Gasteiger partial charge in [-0.2, -0.15) is 0 Å². The van der Waals surface area contributed by atoms with Crippen molar-refractivity contribution in [1.29, 1.82) is 0 Å². The van der Waals surface area contributed by atoms with Crippen molar-refractivity contribution in [3.63, 3.8) is 0 Å². The second-order valence-corrected chi connectivity index (χ2v) is 7.47. The van der Waals surface area contributed by atoms with Crippen LogP contribution in [-0.2, 0) is 10.0 Å². The summed E-state index contributed by atoms with van der Waals surface area (Å²) in [7, 11) is -2.15. The van der Waals surface area contributed by atoms with Gasteiger partial charge in [0.05, 0.1) is 24.2 Å². The van der Waals surface area contributed by atoms with E-state index < -0.39 is 10.0 Å². The van der Waals surface area contributed by atoms with Gasteiger partial charge in [-0.1, -0.05) is 11.6 Å². The molecule has 2 aromatic carbocycles. The molecule has 0 fully saturated rings. The molecule has 7 heteroatoms. The molecule has 3 rings (SSSR count). The number of anilines is 1. The predicted octanol–water partition coefficient (Wildman–Crippen LogP) is 3.24. The van der Waals surface area contributed by atoms with E-state index in [1.807, 2.05) is 6.92 Å². The number of ether oxygens (including phenoxy) is 2. The van der Waals surface area contributed by atoms with Gasteiger partial charge in [0.2, 0.25) is 0 Å². The Morgan fingerprint density at radius 2 is 2.00 bits per heavy atom. The first kappa shape index (κ1) is 16.0. The Morgan fingerprint density at radius 1 is 1.22 bits per heavy atom. The smallest absolute Gasteiger partial charge is 0.264 e. The molecule has 2 aromatic rings. The van der Waals surface area contributed by atoms with Gasteiger partial charge in [-0.25, -0.2) is 8.42 Å². The fourth-order valence-electron chi connectivity index (χ4n) is 2.55. The Kier molecular flexibility index (Phi) is 4.12. The zero-order chi connectivity index (χ0) is 16.6. The molecule has 0 aliphatic carbocycles. The maximum atomic E-state index is 13.0. The molecule has 5 nitrogen and oxygen atoms in total. The van der Waals surface area contributed by atoms with Gasteiger partial charge in [0, 0.05) is 5.02 Å². The first-order chi connectivity index (χ1) is 10.9. The summed E-state index contributed by atoms with van der Waals surface area (Å²) in [5, 5.41) is 0.459. The van der Waals surface area contributed by atoms with Gasteiger partial charge in [-0.05, 0) is 48.9 Å². The Labute approximate surface area is 140 Å². The highest BCUT2D eigenvalue weighted by Gasteiger charge is 2.30.